The van der Waals surface area contributed by atoms with Crippen molar-refractivity contribution in [3.63, 3.8) is 0 Å². The first-order valence-electron chi connectivity index (χ1n) is 9.59. The molecule has 0 saturated carbocycles. The van der Waals surface area contributed by atoms with Crippen molar-refractivity contribution >= 4 is 55.6 Å². The fraction of sp³-hybridized carbons (Fsp3) is 0.250. The molecule has 0 atom stereocenters. The van der Waals surface area contributed by atoms with Crippen molar-refractivity contribution in [2.75, 3.05) is 57.0 Å². The second kappa shape index (κ2) is 10.0. The van der Waals surface area contributed by atoms with Crippen LogP contribution in [0.4, 0.5) is 17.1 Å². The number of rotatable bonds is 6. The van der Waals surface area contributed by atoms with Gasteiger partial charge in [0.1, 0.15) is 0 Å². The summed E-state index contributed by atoms with van der Waals surface area (Å²) in [5, 5.41) is 0. The molecular formula is C24H30GeN3Si. The molecule has 3 nitrogen and oxygen atoms in total. The van der Waals surface area contributed by atoms with Gasteiger partial charge in [0.2, 0.25) is 0 Å². The Morgan fingerprint density at radius 3 is 0.931 bits per heavy atom. The van der Waals surface area contributed by atoms with Crippen LogP contribution in [0.15, 0.2) is 72.8 Å². The maximum absolute atomic E-state index is 2.34. The van der Waals surface area contributed by atoms with Crippen LogP contribution >= 0.6 is 0 Å². The van der Waals surface area contributed by atoms with Crippen molar-refractivity contribution in [3.8, 4) is 0 Å². The molecule has 0 saturated heterocycles. The molecule has 3 aromatic rings. The van der Waals surface area contributed by atoms with Gasteiger partial charge in [-0.05, 0) is 0 Å². The van der Waals surface area contributed by atoms with Crippen LogP contribution in [0, 0.1) is 0 Å². The number of benzene rings is 3. The van der Waals surface area contributed by atoms with Gasteiger partial charge in [0.05, 0.1) is 0 Å². The first kappa shape index (κ1) is 23.1. The van der Waals surface area contributed by atoms with Gasteiger partial charge in [-0.3, -0.25) is 0 Å². The molecule has 0 unspecified atom stereocenters. The minimum atomic E-state index is -2.09. The minimum absolute atomic E-state index is 0. The quantitative estimate of drug-likeness (QED) is 0.521. The summed E-state index contributed by atoms with van der Waals surface area (Å²) < 4.78 is 4.45. The summed E-state index contributed by atoms with van der Waals surface area (Å²) >= 11 is -2.09. The van der Waals surface area contributed by atoms with Crippen LogP contribution in [0.5, 0.6) is 0 Å². The first-order chi connectivity index (χ1) is 13.4. The Labute approximate surface area is 185 Å². The molecule has 3 aromatic carbocycles. The summed E-state index contributed by atoms with van der Waals surface area (Å²) in [4.78, 5) is 6.75. The molecule has 5 heteroatoms. The summed E-state index contributed by atoms with van der Waals surface area (Å²) in [5.74, 6) is 0. The molecule has 0 aliphatic carbocycles. The Kier molecular flexibility index (Phi) is 7.99. The van der Waals surface area contributed by atoms with E-state index in [1.165, 1.54) is 30.2 Å². The summed E-state index contributed by atoms with van der Waals surface area (Å²) in [6, 6.07) is 26.7. The van der Waals surface area contributed by atoms with Crippen LogP contribution in [0.1, 0.15) is 0 Å². The van der Waals surface area contributed by atoms with Crippen molar-refractivity contribution in [1.29, 1.82) is 0 Å². The predicted molar refractivity (Wildman–Crippen MR) is 133 cm³/mol. The molecule has 0 N–H and O–H groups in total. The van der Waals surface area contributed by atoms with E-state index in [0.29, 0.717) is 0 Å². The molecule has 0 amide bonds. The first-order valence-corrected chi connectivity index (χ1v) is 12.7. The Hall–Kier alpha value is -2.18. The molecular weight excluding hydrogens is 431 g/mol. The van der Waals surface area contributed by atoms with Crippen molar-refractivity contribution in [2.24, 2.45) is 0 Å². The van der Waals surface area contributed by atoms with E-state index in [2.05, 4.69) is 130 Å². The molecule has 0 heterocycles. The third kappa shape index (κ3) is 4.87. The summed E-state index contributed by atoms with van der Waals surface area (Å²) in [7, 11) is 12.9. The van der Waals surface area contributed by atoms with E-state index in [0.717, 1.165) is 0 Å². The van der Waals surface area contributed by atoms with E-state index < -0.39 is 14.3 Å². The van der Waals surface area contributed by atoms with E-state index in [1.54, 1.807) is 0 Å². The van der Waals surface area contributed by atoms with Crippen LogP contribution in [0.3, 0.4) is 0 Å². The Balaban J connectivity index is 0.00000300. The van der Waals surface area contributed by atoms with Crippen LogP contribution in [-0.4, -0.2) is 67.6 Å². The molecule has 29 heavy (non-hydrogen) atoms. The molecule has 0 bridgehead atoms. The molecule has 0 aliphatic rings. The van der Waals surface area contributed by atoms with E-state index >= 15 is 0 Å². The number of hydrogen-bond donors (Lipinski definition) is 0. The molecule has 0 spiro atoms. The van der Waals surface area contributed by atoms with Crippen LogP contribution < -0.4 is 27.9 Å². The third-order valence-corrected chi connectivity index (χ3v) is 11.0. The average Bonchev–Trinajstić information content (AvgIpc) is 2.69. The smallest absolute Gasteiger partial charge is 0 e. The van der Waals surface area contributed by atoms with Crippen LogP contribution in [-0.2, 0) is 0 Å². The number of para-hydroxylation sites is 3. The van der Waals surface area contributed by atoms with Gasteiger partial charge < -0.3 is 0 Å². The summed E-state index contributed by atoms with van der Waals surface area (Å²) in [5.41, 5.74) is 3.96. The van der Waals surface area contributed by atoms with Gasteiger partial charge >= 0.3 is 174 Å². The van der Waals surface area contributed by atoms with Gasteiger partial charge in [0, 0.05) is 11.0 Å². The number of hydrogen-bond acceptors (Lipinski definition) is 3. The average molecular weight is 461 g/mol. The molecule has 5 radical (unpaired) electrons. The standard InChI is InChI=1S/C24H30GeN3.Si/c1-26(2)22-16-10-7-13-19(22)25(20-14-8-11-17-23(20)27(3)4)21-15-9-12-18-24(21)28(5)6;/h7-18H,1-6H3;. The SMILES string of the molecule is CN(C)c1cccc[c]1[Ge]([c]1ccccc1N(C)C)[c]1ccccc1N(C)C.[Si]. The van der Waals surface area contributed by atoms with Gasteiger partial charge in [-0.2, -0.15) is 0 Å². The van der Waals surface area contributed by atoms with Gasteiger partial charge in [0.25, 0.3) is 0 Å². The molecule has 0 aromatic heterocycles. The van der Waals surface area contributed by atoms with Crippen molar-refractivity contribution < 1.29 is 0 Å². The second-order valence-corrected chi connectivity index (χ2v) is 12.6. The van der Waals surface area contributed by atoms with Gasteiger partial charge in [-0.15, -0.1) is 0 Å². The van der Waals surface area contributed by atoms with E-state index in [9.17, 15) is 0 Å². The fourth-order valence-electron chi connectivity index (χ4n) is 3.66. The third-order valence-electron chi connectivity index (χ3n) is 4.97. The summed E-state index contributed by atoms with van der Waals surface area (Å²) in [6.45, 7) is 0. The van der Waals surface area contributed by atoms with Gasteiger partial charge in [-0.25, -0.2) is 0 Å². The van der Waals surface area contributed by atoms with Gasteiger partial charge in [0.15, 0.2) is 0 Å². The number of anilines is 3. The molecule has 3 rings (SSSR count). The van der Waals surface area contributed by atoms with Crippen LogP contribution in [0.25, 0.3) is 0 Å². The van der Waals surface area contributed by atoms with E-state index in [1.807, 2.05) is 0 Å². The van der Waals surface area contributed by atoms with E-state index in [-0.39, 0.29) is 11.0 Å². The van der Waals surface area contributed by atoms with Crippen molar-refractivity contribution in [3.05, 3.63) is 72.8 Å². The molecule has 0 fully saturated rings. The second-order valence-electron chi connectivity index (χ2n) is 7.61. The van der Waals surface area contributed by atoms with Crippen molar-refractivity contribution in [1.82, 2.24) is 0 Å². The maximum Gasteiger partial charge on any atom is 0 e. The topological polar surface area (TPSA) is 9.72 Å². The summed E-state index contributed by atoms with van der Waals surface area (Å²) in [6.07, 6.45) is 0. The predicted octanol–water partition coefficient (Wildman–Crippen LogP) is 2.02. The minimum Gasteiger partial charge on any atom is 0 e. The number of nitrogens with zero attached hydrogens (tertiary/aromatic N) is 3. The van der Waals surface area contributed by atoms with Gasteiger partial charge in [-0.1, -0.05) is 0 Å². The zero-order valence-electron chi connectivity index (χ0n) is 18.3. The fourth-order valence-corrected chi connectivity index (χ4v) is 10.7. The maximum atomic E-state index is 2.34. The normalized spacial score (nSPS) is 10.4. The largest absolute Gasteiger partial charge is 0 e. The zero-order valence-corrected chi connectivity index (χ0v) is 21.4. The van der Waals surface area contributed by atoms with Crippen molar-refractivity contribution in [2.45, 2.75) is 0 Å². The van der Waals surface area contributed by atoms with Crippen LogP contribution in [0.2, 0.25) is 0 Å². The monoisotopic (exact) mass is 462 g/mol. The Morgan fingerprint density at radius 2 is 0.690 bits per heavy atom. The molecule has 149 valence electrons. The Bertz CT molecular complexity index is 818. The molecule has 0 aliphatic heterocycles. The Morgan fingerprint density at radius 1 is 0.448 bits per heavy atom. The van der Waals surface area contributed by atoms with E-state index in [4.69, 9.17) is 0 Å². The zero-order chi connectivity index (χ0) is 20.3.